The molecule has 0 aliphatic heterocycles. The van der Waals surface area contributed by atoms with Crippen molar-refractivity contribution in [3.8, 4) is 17.1 Å². The molecule has 3 aromatic heterocycles. The van der Waals surface area contributed by atoms with Crippen molar-refractivity contribution in [3.05, 3.63) is 114 Å². The van der Waals surface area contributed by atoms with Crippen molar-refractivity contribution in [1.29, 1.82) is 0 Å². The summed E-state index contributed by atoms with van der Waals surface area (Å²) in [7, 11) is 0. The van der Waals surface area contributed by atoms with Crippen LogP contribution < -0.4 is 0 Å². The smallest absolute Gasteiger partial charge is 0.145 e. The summed E-state index contributed by atoms with van der Waals surface area (Å²) in [5, 5.41) is 5.09. The second-order valence-electron chi connectivity index (χ2n) is 11.6. The van der Waals surface area contributed by atoms with Crippen LogP contribution in [0.1, 0.15) is 50.7 Å². The van der Waals surface area contributed by atoms with Crippen LogP contribution in [-0.2, 0) is 0 Å². The summed E-state index contributed by atoms with van der Waals surface area (Å²) in [6.07, 6.45) is 0. The lowest BCUT2D eigenvalue weighted by atomic mass is 9.92. The number of aromatic nitrogens is 3. The van der Waals surface area contributed by atoms with Gasteiger partial charge in [-0.2, -0.15) is 0 Å². The molecule has 3 heterocycles. The second kappa shape index (κ2) is 8.43. The van der Waals surface area contributed by atoms with Crippen LogP contribution in [0.5, 0.6) is 0 Å². The van der Waals surface area contributed by atoms with Crippen molar-refractivity contribution >= 4 is 49.1 Å². The fourth-order valence-electron chi connectivity index (χ4n) is 6.84. The molecule has 3 nitrogen and oxygen atoms in total. The molecule has 0 saturated carbocycles. The molecule has 0 N–H and O–H groups in total. The highest BCUT2D eigenvalue weighted by Gasteiger charge is 2.27. The SMILES string of the molecule is CC(C)c1cccc(C(C)C)c1-n1c(-c2ccccc2)nc2cc3c4ccccc4n4c5ccccc5c(c21)c34. The van der Waals surface area contributed by atoms with Gasteiger partial charge in [-0.25, -0.2) is 4.98 Å². The highest BCUT2D eigenvalue weighted by molar-refractivity contribution is 6.30. The maximum atomic E-state index is 5.46. The summed E-state index contributed by atoms with van der Waals surface area (Å²) in [5.74, 6) is 1.73. The molecule has 0 spiro atoms. The second-order valence-corrected chi connectivity index (χ2v) is 11.6. The minimum absolute atomic E-state index is 0.366. The van der Waals surface area contributed by atoms with E-state index in [1.807, 2.05) is 0 Å². The first-order chi connectivity index (χ1) is 19.5. The van der Waals surface area contributed by atoms with Crippen LogP contribution in [0.25, 0.3) is 66.2 Å². The van der Waals surface area contributed by atoms with Gasteiger partial charge < -0.3 is 4.40 Å². The van der Waals surface area contributed by atoms with Crippen LogP contribution in [-0.4, -0.2) is 14.0 Å². The maximum absolute atomic E-state index is 5.46. The lowest BCUT2D eigenvalue weighted by Gasteiger charge is -2.23. The van der Waals surface area contributed by atoms with Gasteiger partial charge in [-0.1, -0.05) is 113 Å². The number of imidazole rings is 1. The number of nitrogens with zero attached hydrogens (tertiary/aromatic N) is 3. The van der Waals surface area contributed by atoms with Crippen molar-refractivity contribution < 1.29 is 0 Å². The molecule has 3 heteroatoms. The topological polar surface area (TPSA) is 22.2 Å². The van der Waals surface area contributed by atoms with E-state index in [2.05, 4.69) is 140 Å². The predicted molar refractivity (Wildman–Crippen MR) is 169 cm³/mol. The Morgan fingerprint density at radius 3 is 1.85 bits per heavy atom. The third-order valence-corrected chi connectivity index (χ3v) is 8.59. The third-order valence-electron chi connectivity index (χ3n) is 8.59. The van der Waals surface area contributed by atoms with Crippen molar-refractivity contribution in [1.82, 2.24) is 14.0 Å². The van der Waals surface area contributed by atoms with E-state index in [1.54, 1.807) is 0 Å². The van der Waals surface area contributed by atoms with E-state index in [-0.39, 0.29) is 0 Å². The minimum atomic E-state index is 0.366. The van der Waals surface area contributed by atoms with Crippen molar-refractivity contribution in [2.24, 2.45) is 0 Å². The number of para-hydroxylation sites is 3. The van der Waals surface area contributed by atoms with Gasteiger partial charge in [-0.15, -0.1) is 0 Å². The first-order valence-corrected chi connectivity index (χ1v) is 14.3. The lowest BCUT2D eigenvalue weighted by molar-refractivity contribution is 0.811. The molecule has 0 bridgehead atoms. The van der Waals surface area contributed by atoms with E-state index in [9.17, 15) is 0 Å². The van der Waals surface area contributed by atoms with Gasteiger partial charge in [-0.3, -0.25) is 4.57 Å². The third kappa shape index (κ3) is 3.03. The van der Waals surface area contributed by atoms with E-state index in [0.29, 0.717) is 11.8 Å². The molecule has 0 aliphatic rings. The zero-order chi connectivity index (χ0) is 27.1. The summed E-state index contributed by atoms with van der Waals surface area (Å²) in [4.78, 5) is 5.46. The molecule has 8 aromatic rings. The monoisotopic (exact) mass is 517 g/mol. The quantitative estimate of drug-likeness (QED) is 0.228. The number of benzene rings is 5. The van der Waals surface area contributed by atoms with Crippen LogP contribution in [0.4, 0.5) is 0 Å². The first kappa shape index (κ1) is 23.3. The molecule has 194 valence electrons. The average molecular weight is 518 g/mol. The van der Waals surface area contributed by atoms with Crippen molar-refractivity contribution in [2.45, 2.75) is 39.5 Å². The van der Waals surface area contributed by atoms with Gasteiger partial charge in [-0.05, 0) is 41.2 Å². The Labute approximate surface area is 233 Å². The Bertz CT molecular complexity index is 2180. The van der Waals surface area contributed by atoms with Gasteiger partial charge >= 0.3 is 0 Å². The zero-order valence-corrected chi connectivity index (χ0v) is 23.3. The van der Waals surface area contributed by atoms with Gasteiger partial charge in [0.25, 0.3) is 0 Å². The molecule has 0 aliphatic carbocycles. The molecule has 0 fully saturated rings. The van der Waals surface area contributed by atoms with E-state index < -0.39 is 0 Å². The van der Waals surface area contributed by atoms with E-state index in [0.717, 1.165) is 16.9 Å². The fourth-order valence-corrected chi connectivity index (χ4v) is 6.84. The summed E-state index contributed by atoms with van der Waals surface area (Å²) in [6, 6.07) is 37.5. The van der Waals surface area contributed by atoms with Crippen LogP contribution >= 0.6 is 0 Å². The standard InChI is InChI=1S/C37H31N3/c1-22(2)25-17-12-18-26(23(3)4)34(25)40-36-30(38-37(40)24-13-6-5-7-14-24)21-29-27-15-8-10-19-31(27)39-32-20-11-9-16-28(32)33(36)35(29)39/h5-23H,1-4H3. The van der Waals surface area contributed by atoms with Gasteiger partial charge in [0.15, 0.2) is 0 Å². The van der Waals surface area contributed by atoms with Crippen molar-refractivity contribution in [2.75, 3.05) is 0 Å². The largest absolute Gasteiger partial charge is 0.308 e. The Balaban J connectivity index is 1.69. The predicted octanol–water partition coefficient (Wildman–Crippen LogP) is 10.1. The first-order valence-electron chi connectivity index (χ1n) is 14.3. The Kier molecular flexibility index (Phi) is 4.91. The number of hydrogen-bond donors (Lipinski definition) is 0. The Morgan fingerprint density at radius 1 is 0.575 bits per heavy atom. The van der Waals surface area contributed by atoms with E-state index >= 15 is 0 Å². The molecular weight excluding hydrogens is 486 g/mol. The molecule has 0 radical (unpaired) electrons. The minimum Gasteiger partial charge on any atom is -0.308 e. The van der Waals surface area contributed by atoms with Crippen LogP contribution in [0.2, 0.25) is 0 Å². The summed E-state index contributed by atoms with van der Waals surface area (Å²) in [6.45, 7) is 9.20. The van der Waals surface area contributed by atoms with Gasteiger partial charge in [0.2, 0.25) is 0 Å². The fraction of sp³-hybridized carbons (Fsp3) is 0.162. The summed E-state index contributed by atoms with van der Waals surface area (Å²) < 4.78 is 4.96. The molecule has 0 saturated heterocycles. The van der Waals surface area contributed by atoms with Gasteiger partial charge in [0, 0.05) is 27.1 Å². The Hall–Kier alpha value is -4.63. The molecule has 0 amide bonds. The molecular formula is C37H31N3. The van der Waals surface area contributed by atoms with Crippen LogP contribution in [0, 0.1) is 0 Å². The normalized spacial score (nSPS) is 12.4. The van der Waals surface area contributed by atoms with Crippen LogP contribution in [0.15, 0.2) is 103 Å². The highest BCUT2D eigenvalue weighted by atomic mass is 15.1. The van der Waals surface area contributed by atoms with E-state index in [4.69, 9.17) is 4.98 Å². The lowest BCUT2D eigenvalue weighted by Crippen LogP contribution is -2.08. The molecule has 0 atom stereocenters. The molecule has 8 rings (SSSR count). The van der Waals surface area contributed by atoms with Crippen molar-refractivity contribution in [3.63, 3.8) is 0 Å². The van der Waals surface area contributed by atoms with Gasteiger partial charge in [0.05, 0.1) is 33.3 Å². The number of hydrogen-bond acceptors (Lipinski definition) is 1. The molecule has 0 unspecified atom stereocenters. The number of rotatable bonds is 4. The highest BCUT2D eigenvalue weighted by Crippen LogP contribution is 2.46. The summed E-state index contributed by atoms with van der Waals surface area (Å²) >= 11 is 0. The average Bonchev–Trinajstić information content (AvgIpc) is 3.63. The molecule has 40 heavy (non-hydrogen) atoms. The summed E-state index contributed by atoms with van der Waals surface area (Å²) in [5.41, 5.74) is 11.1. The van der Waals surface area contributed by atoms with Crippen LogP contribution in [0.3, 0.4) is 0 Å². The van der Waals surface area contributed by atoms with E-state index in [1.165, 1.54) is 60.4 Å². The maximum Gasteiger partial charge on any atom is 0.145 e. The Morgan fingerprint density at radius 2 is 1.18 bits per heavy atom. The zero-order valence-electron chi connectivity index (χ0n) is 23.3. The molecule has 5 aromatic carbocycles. The number of fused-ring (bicyclic) bond motifs is 8. The van der Waals surface area contributed by atoms with Gasteiger partial charge in [0.1, 0.15) is 5.82 Å².